The van der Waals surface area contributed by atoms with Crippen LogP contribution in [0.4, 0.5) is 5.82 Å². The molecule has 5 aliphatic rings. The number of fused-ring (bicyclic) bond motifs is 2. The molecule has 1 aromatic rings. The molecule has 2 fully saturated rings. The lowest BCUT2D eigenvalue weighted by Crippen LogP contribution is -2.55. The monoisotopic (exact) mass is 631 g/mol. The molecular weight excluding hydrogens is 590 g/mol. The summed E-state index contributed by atoms with van der Waals surface area (Å²) in [5.74, 6) is 0.819. The highest BCUT2D eigenvalue weighted by Crippen LogP contribution is 2.51. The highest BCUT2D eigenvalue weighted by molar-refractivity contribution is 6.30. The van der Waals surface area contributed by atoms with Crippen molar-refractivity contribution < 1.29 is 14.6 Å². The number of nitriles is 1. The van der Waals surface area contributed by atoms with E-state index < -0.39 is 0 Å². The third-order valence-electron chi connectivity index (χ3n) is 10.0. The van der Waals surface area contributed by atoms with Gasteiger partial charge in [-0.3, -0.25) is 4.79 Å². The molecule has 11 heteroatoms. The van der Waals surface area contributed by atoms with Crippen molar-refractivity contribution in [3.05, 3.63) is 70.6 Å². The van der Waals surface area contributed by atoms with Gasteiger partial charge in [0, 0.05) is 60.5 Å². The quantitative estimate of drug-likeness (QED) is 0.431. The molecule has 0 saturated carbocycles. The lowest BCUT2D eigenvalue weighted by atomic mass is 9.68. The zero-order chi connectivity index (χ0) is 31.6. The van der Waals surface area contributed by atoms with Gasteiger partial charge >= 0.3 is 6.01 Å². The predicted molar refractivity (Wildman–Crippen MR) is 173 cm³/mol. The summed E-state index contributed by atoms with van der Waals surface area (Å²) >= 11 is 6.90. The lowest BCUT2D eigenvalue weighted by molar-refractivity contribution is -0.128. The number of ether oxygens (including phenoxy) is 1. The summed E-state index contributed by atoms with van der Waals surface area (Å²) in [5, 5.41) is 19.6. The summed E-state index contributed by atoms with van der Waals surface area (Å²) in [6.45, 7) is 6.49. The third-order valence-corrected chi connectivity index (χ3v) is 10.5. The minimum atomic E-state index is -0.345. The van der Waals surface area contributed by atoms with Crippen molar-refractivity contribution in [2.45, 2.75) is 51.2 Å². The van der Waals surface area contributed by atoms with E-state index in [-0.39, 0.29) is 36.3 Å². The van der Waals surface area contributed by atoms with Crippen LogP contribution in [0.3, 0.4) is 0 Å². The molecule has 1 N–H and O–H groups in total. The average Bonchev–Trinajstić information content (AvgIpc) is 3.46. The highest BCUT2D eigenvalue weighted by Gasteiger charge is 2.44. The second-order valence-corrected chi connectivity index (χ2v) is 13.1. The van der Waals surface area contributed by atoms with Gasteiger partial charge in [0.15, 0.2) is 0 Å². The number of likely N-dealkylation sites (N-methyl/N-ethyl adjacent to an activating group) is 1. The number of hydrogen-bond acceptors (Lipinski definition) is 9. The second kappa shape index (κ2) is 13.4. The number of likely N-dealkylation sites (tertiary alicyclic amines) is 1. The Balaban J connectivity index is 1.30. The van der Waals surface area contributed by atoms with Crippen LogP contribution in [0.2, 0.25) is 0 Å². The number of amides is 1. The topological polar surface area (TPSA) is 109 Å². The number of halogens is 1. The van der Waals surface area contributed by atoms with E-state index in [2.05, 4.69) is 59.0 Å². The molecule has 2 saturated heterocycles. The smallest absolute Gasteiger partial charge is 0.318 e. The van der Waals surface area contributed by atoms with Gasteiger partial charge in [0.25, 0.3) is 0 Å². The number of aliphatic hydroxyl groups excluding tert-OH is 1. The molecule has 2 unspecified atom stereocenters. The maximum absolute atomic E-state index is 12.9. The molecule has 4 heterocycles. The molecule has 0 spiro atoms. The van der Waals surface area contributed by atoms with Gasteiger partial charge in [-0.25, -0.2) is 0 Å². The number of allylic oxidation sites excluding steroid dienone is 7. The lowest BCUT2D eigenvalue weighted by Gasteiger charge is -2.47. The van der Waals surface area contributed by atoms with Gasteiger partial charge in [-0.15, -0.1) is 0 Å². The highest BCUT2D eigenvalue weighted by atomic mass is 35.5. The number of carbonyl (C=O) groups is 1. The first-order valence-electron chi connectivity index (χ1n) is 15.9. The molecule has 0 bridgehead atoms. The molecular formula is C34H42ClN7O3. The van der Waals surface area contributed by atoms with E-state index in [9.17, 15) is 10.1 Å². The van der Waals surface area contributed by atoms with Gasteiger partial charge in [0.2, 0.25) is 5.91 Å². The van der Waals surface area contributed by atoms with E-state index in [1.807, 2.05) is 12.2 Å². The number of piperazine rings is 1. The van der Waals surface area contributed by atoms with Gasteiger partial charge in [0.1, 0.15) is 12.4 Å². The predicted octanol–water partition coefficient (Wildman–Crippen LogP) is 3.56. The minimum Gasteiger partial charge on any atom is -0.462 e. The standard InChI is InChI=1S/C34H42ClN7O3/c1-34-24(7-3-10-29(34)35)8-4-11-30(34)40-17-14-27-28(22-40)37-33(45-23-26-9-5-16-39(26)2)38-32(27)41-18-19-42(25(21-41)13-15-36)31(44)12-6-20-43/h3-4,6-8,10-12,24-26,43H,5,9,13-14,16-23H2,1-2H3/b12-6+/t24?,25-,26-,34?/m0/s1. The van der Waals surface area contributed by atoms with E-state index in [4.69, 9.17) is 31.4 Å². The summed E-state index contributed by atoms with van der Waals surface area (Å²) in [6.07, 6.45) is 18.8. The molecule has 0 radical (unpaired) electrons. The van der Waals surface area contributed by atoms with Crippen molar-refractivity contribution in [2.24, 2.45) is 11.3 Å². The normalized spacial score (nSPS) is 28.1. The van der Waals surface area contributed by atoms with Crippen LogP contribution in [-0.2, 0) is 17.8 Å². The van der Waals surface area contributed by atoms with Gasteiger partial charge in [-0.1, -0.05) is 42.0 Å². The SMILES string of the molecule is CN1CCC[C@H]1COc1nc2c(c(N3CCN(C(=O)/C=C/CO)[C@@H](CC#N)C3)n1)CCN(C1=CC=CC3C=CC=C(Cl)C13C)C2. The van der Waals surface area contributed by atoms with Crippen molar-refractivity contribution >= 4 is 23.3 Å². The van der Waals surface area contributed by atoms with Gasteiger partial charge in [-0.05, 0) is 51.9 Å². The Labute approximate surface area is 270 Å². The Bertz CT molecular complexity index is 1500. The van der Waals surface area contributed by atoms with Gasteiger partial charge < -0.3 is 29.4 Å². The summed E-state index contributed by atoms with van der Waals surface area (Å²) < 4.78 is 6.32. The molecule has 0 aromatic carbocycles. The number of aliphatic hydroxyl groups is 1. The number of hydrogen-bond donors (Lipinski definition) is 1. The molecule has 10 nitrogen and oxygen atoms in total. The molecule has 3 aliphatic heterocycles. The van der Waals surface area contributed by atoms with Crippen molar-refractivity contribution in [1.82, 2.24) is 24.7 Å². The van der Waals surface area contributed by atoms with Crippen LogP contribution in [0.15, 0.2) is 59.3 Å². The fourth-order valence-corrected chi connectivity index (χ4v) is 7.65. The molecule has 6 rings (SSSR count). The van der Waals surface area contributed by atoms with Crippen LogP contribution in [0, 0.1) is 22.7 Å². The van der Waals surface area contributed by atoms with Crippen molar-refractivity contribution in [3.8, 4) is 12.1 Å². The largest absolute Gasteiger partial charge is 0.462 e. The van der Waals surface area contributed by atoms with Crippen LogP contribution in [0.25, 0.3) is 0 Å². The Kier molecular flexibility index (Phi) is 9.31. The maximum atomic E-state index is 12.9. The summed E-state index contributed by atoms with van der Waals surface area (Å²) in [5.41, 5.74) is 2.86. The average molecular weight is 632 g/mol. The molecule has 238 valence electrons. The van der Waals surface area contributed by atoms with Gasteiger partial charge in [-0.2, -0.15) is 15.2 Å². The van der Waals surface area contributed by atoms with Crippen LogP contribution in [0.1, 0.15) is 37.4 Å². The molecule has 4 atom stereocenters. The molecule has 1 aromatic heterocycles. The Morgan fingerprint density at radius 2 is 2.00 bits per heavy atom. The minimum absolute atomic E-state index is 0.183. The fourth-order valence-electron chi connectivity index (χ4n) is 7.36. The van der Waals surface area contributed by atoms with E-state index in [0.29, 0.717) is 44.8 Å². The van der Waals surface area contributed by atoms with E-state index in [1.54, 1.807) is 4.90 Å². The van der Waals surface area contributed by atoms with Gasteiger partial charge in [0.05, 0.1) is 42.8 Å². The second-order valence-electron chi connectivity index (χ2n) is 12.7. The van der Waals surface area contributed by atoms with Crippen LogP contribution in [0.5, 0.6) is 6.01 Å². The number of anilines is 1. The summed E-state index contributed by atoms with van der Waals surface area (Å²) in [7, 11) is 2.13. The Hall–Kier alpha value is -3.65. The fraction of sp³-hybridized carbons (Fsp3) is 0.529. The Morgan fingerprint density at radius 3 is 2.76 bits per heavy atom. The first kappa shape index (κ1) is 31.3. The first-order valence-corrected chi connectivity index (χ1v) is 16.3. The zero-order valence-electron chi connectivity index (χ0n) is 26.1. The van der Waals surface area contributed by atoms with E-state index in [0.717, 1.165) is 54.5 Å². The Morgan fingerprint density at radius 1 is 1.18 bits per heavy atom. The first-order chi connectivity index (χ1) is 21.8. The molecule has 2 aliphatic carbocycles. The number of nitrogens with zero attached hydrogens (tertiary/aromatic N) is 7. The summed E-state index contributed by atoms with van der Waals surface area (Å²) in [4.78, 5) is 31.5. The van der Waals surface area contributed by atoms with E-state index >= 15 is 0 Å². The van der Waals surface area contributed by atoms with Crippen molar-refractivity contribution in [2.75, 3.05) is 57.9 Å². The molecule has 45 heavy (non-hydrogen) atoms. The zero-order valence-corrected chi connectivity index (χ0v) is 26.9. The van der Waals surface area contributed by atoms with Crippen molar-refractivity contribution in [3.63, 3.8) is 0 Å². The van der Waals surface area contributed by atoms with Crippen LogP contribution >= 0.6 is 11.6 Å². The third kappa shape index (κ3) is 6.14. The molecule has 1 amide bonds. The van der Waals surface area contributed by atoms with E-state index in [1.165, 1.54) is 17.8 Å². The van der Waals surface area contributed by atoms with Crippen LogP contribution < -0.4 is 9.64 Å². The van der Waals surface area contributed by atoms with Crippen molar-refractivity contribution in [1.29, 1.82) is 5.26 Å². The number of aromatic nitrogens is 2. The maximum Gasteiger partial charge on any atom is 0.318 e. The number of rotatable bonds is 8. The van der Waals surface area contributed by atoms with Crippen LogP contribution in [-0.4, -0.2) is 101 Å². The number of carbonyl (C=O) groups excluding carboxylic acids is 1. The summed E-state index contributed by atoms with van der Waals surface area (Å²) in [6, 6.07) is 2.65.